The fraction of sp³-hybridized carbons (Fsp3) is 0.370. The molecule has 0 spiro atoms. The monoisotopic (exact) mass is 444 g/mol. The van der Waals surface area contributed by atoms with Gasteiger partial charge in [-0.15, -0.1) is 5.10 Å². The normalized spacial score (nSPS) is 14.5. The summed E-state index contributed by atoms with van der Waals surface area (Å²) in [5.74, 6) is 1.27. The van der Waals surface area contributed by atoms with E-state index in [1.54, 1.807) is 12.1 Å². The highest BCUT2D eigenvalue weighted by molar-refractivity contribution is 5.92. The second-order valence-electron chi connectivity index (χ2n) is 8.99. The molecule has 4 rings (SSSR count). The van der Waals surface area contributed by atoms with Crippen molar-refractivity contribution in [1.29, 1.82) is 0 Å². The summed E-state index contributed by atoms with van der Waals surface area (Å²) in [6, 6.07) is 19.3. The lowest BCUT2D eigenvalue weighted by molar-refractivity contribution is -0.120. The van der Waals surface area contributed by atoms with Crippen LogP contribution < -0.4 is 15.8 Å². The molecule has 2 aromatic carbocycles. The molecule has 33 heavy (non-hydrogen) atoms. The van der Waals surface area contributed by atoms with Crippen molar-refractivity contribution in [3.05, 3.63) is 82.1 Å². The summed E-state index contributed by atoms with van der Waals surface area (Å²) < 4.78 is 1.45. The Kier molecular flexibility index (Phi) is 6.92. The van der Waals surface area contributed by atoms with Crippen LogP contribution in [-0.2, 0) is 11.2 Å². The fourth-order valence-corrected chi connectivity index (χ4v) is 4.19. The molecule has 1 N–H and O–H groups in total. The zero-order chi connectivity index (χ0) is 23.4. The maximum Gasteiger partial charge on any atom is 0.271 e. The first-order chi connectivity index (χ1) is 15.9. The van der Waals surface area contributed by atoms with Gasteiger partial charge in [-0.3, -0.25) is 9.59 Å². The van der Waals surface area contributed by atoms with Crippen LogP contribution >= 0.6 is 0 Å². The third-order valence-electron chi connectivity index (χ3n) is 6.41. The molecular formula is C27H32N4O2. The van der Waals surface area contributed by atoms with E-state index in [1.807, 2.05) is 36.4 Å². The first kappa shape index (κ1) is 22.8. The van der Waals surface area contributed by atoms with Crippen LogP contribution in [0.3, 0.4) is 0 Å². The van der Waals surface area contributed by atoms with Crippen LogP contribution in [0.25, 0.3) is 5.69 Å². The van der Waals surface area contributed by atoms with Crippen molar-refractivity contribution in [1.82, 2.24) is 9.78 Å². The van der Waals surface area contributed by atoms with Gasteiger partial charge in [-0.05, 0) is 66.6 Å². The van der Waals surface area contributed by atoms with Gasteiger partial charge < -0.3 is 10.2 Å². The van der Waals surface area contributed by atoms with Crippen LogP contribution in [0.2, 0.25) is 0 Å². The van der Waals surface area contributed by atoms with Crippen LogP contribution in [0, 0.1) is 5.92 Å². The van der Waals surface area contributed by atoms with E-state index in [0.717, 1.165) is 49.5 Å². The third-order valence-corrected chi connectivity index (χ3v) is 6.41. The Bertz CT molecular complexity index is 1140. The molecule has 0 bridgehead atoms. The van der Waals surface area contributed by atoms with E-state index in [0.29, 0.717) is 5.92 Å². The molecule has 1 fully saturated rings. The van der Waals surface area contributed by atoms with Gasteiger partial charge in [0.05, 0.1) is 5.69 Å². The highest BCUT2D eigenvalue weighted by Crippen LogP contribution is 2.24. The molecule has 1 amide bonds. The molecule has 2 heterocycles. The lowest BCUT2D eigenvalue weighted by atomic mass is 9.95. The molecule has 0 atom stereocenters. The maximum atomic E-state index is 12.8. The summed E-state index contributed by atoms with van der Waals surface area (Å²) in [7, 11) is 0. The second-order valence-corrected chi connectivity index (χ2v) is 8.99. The summed E-state index contributed by atoms with van der Waals surface area (Å²) in [5.41, 5.74) is 3.93. The molecule has 1 aromatic heterocycles. The Balaban J connectivity index is 1.39. The van der Waals surface area contributed by atoms with E-state index in [4.69, 9.17) is 0 Å². The molecule has 0 aliphatic carbocycles. The molecule has 1 aliphatic heterocycles. The number of hydrogen-bond acceptors (Lipinski definition) is 4. The lowest BCUT2D eigenvalue weighted by Gasteiger charge is -2.32. The van der Waals surface area contributed by atoms with Crippen LogP contribution in [0.5, 0.6) is 0 Å². The van der Waals surface area contributed by atoms with E-state index in [-0.39, 0.29) is 17.4 Å². The van der Waals surface area contributed by atoms with Crippen LogP contribution in [0.15, 0.2) is 65.5 Å². The number of nitrogens with one attached hydrogen (secondary N) is 1. The summed E-state index contributed by atoms with van der Waals surface area (Å²) >= 11 is 0. The number of rotatable bonds is 6. The molecule has 6 nitrogen and oxygen atoms in total. The Morgan fingerprint density at radius 3 is 2.27 bits per heavy atom. The van der Waals surface area contributed by atoms with Gasteiger partial charge in [-0.1, -0.05) is 45.0 Å². The van der Waals surface area contributed by atoms with Gasteiger partial charge in [0, 0.05) is 30.8 Å². The molecule has 1 saturated heterocycles. The Hall–Kier alpha value is -3.41. The lowest BCUT2D eigenvalue weighted by Crippen LogP contribution is -2.39. The highest BCUT2D eigenvalue weighted by Gasteiger charge is 2.26. The predicted octanol–water partition coefficient (Wildman–Crippen LogP) is 4.77. The topological polar surface area (TPSA) is 67.2 Å². The van der Waals surface area contributed by atoms with Gasteiger partial charge in [-0.25, -0.2) is 0 Å². The van der Waals surface area contributed by atoms with Gasteiger partial charge in [0.15, 0.2) is 0 Å². The van der Waals surface area contributed by atoms with Gasteiger partial charge in [-0.2, -0.15) is 4.68 Å². The fourth-order valence-electron chi connectivity index (χ4n) is 4.19. The number of hydrogen-bond donors (Lipinski definition) is 1. The van der Waals surface area contributed by atoms with Crippen molar-refractivity contribution in [2.45, 2.75) is 46.0 Å². The molecule has 1 aliphatic rings. The summed E-state index contributed by atoms with van der Waals surface area (Å²) in [5, 5.41) is 7.67. The average Bonchev–Trinajstić information content (AvgIpc) is 2.85. The molecule has 0 radical (unpaired) electrons. The average molecular weight is 445 g/mol. The number of anilines is 2. The highest BCUT2D eigenvalue weighted by atomic mass is 16.2. The van der Waals surface area contributed by atoms with E-state index in [2.05, 4.69) is 48.2 Å². The number of carbonyl (C=O) groups is 1. The summed E-state index contributed by atoms with van der Waals surface area (Å²) in [6.45, 7) is 7.87. The van der Waals surface area contributed by atoms with Crippen molar-refractivity contribution in [3.63, 3.8) is 0 Å². The van der Waals surface area contributed by atoms with Gasteiger partial charge >= 0.3 is 0 Å². The Labute approximate surface area is 195 Å². The second kappa shape index (κ2) is 10.0. The first-order valence-electron chi connectivity index (χ1n) is 11.8. The minimum absolute atomic E-state index is 0.0291. The summed E-state index contributed by atoms with van der Waals surface area (Å²) in [4.78, 5) is 27.3. The Morgan fingerprint density at radius 1 is 1.00 bits per heavy atom. The zero-order valence-corrected chi connectivity index (χ0v) is 19.6. The number of carbonyl (C=O) groups excluding carboxylic acids is 1. The molecule has 172 valence electrons. The van der Waals surface area contributed by atoms with Gasteiger partial charge in [0.1, 0.15) is 5.82 Å². The van der Waals surface area contributed by atoms with Crippen molar-refractivity contribution in [2.24, 2.45) is 5.92 Å². The van der Waals surface area contributed by atoms with Gasteiger partial charge in [0.2, 0.25) is 5.91 Å². The minimum Gasteiger partial charge on any atom is -0.355 e. The van der Waals surface area contributed by atoms with E-state index in [1.165, 1.54) is 15.8 Å². The molecule has 0 saturated carbocycles. The largest absolute Gasteiger partial charge is 0.355 e. The van der Waals surface area contributed by atoms with Gasteiger partial charge in [0.25, 0.3) is 5.56 Å². The van der Waals surface area contributed by atoms with Crippen molar-refractivity contribution in [2.75, 3.05) is 23.3 Å². The van der Waals surface area contributed by atoms with Crippen LogP contribution in [0.4, 0.5) is 11.5 Å². The quantitative estimate of drug-likeness (QED) is 0.595. The number of aryl methyl sites for hydroxylation is 1. The van der Waals surface area contributed by atoms with Crippen LogP contribution in [0.1, 0.15) is 50.7 Å². The maximum absolute atomic E-state index is 12.8. The third kappa shape index (κ3) is 5.33. The Morgan fingerprint density at radius 2 is 1.67 bits per heavy atom. The SMILES string of the molecule is CCc1ccc(-n2nc(N3CCC(C(=O)Nc4ccc(C(C)C)cc4)CC3)ccc2=O)cc1. The van der Waals surface area contributed by atoms with Crippen molar-refractivity contribution >= 4 is 17.4 Å². The predicted molar refractivity (Wildman–Crippen MR) is 133 cm³/mol. The number of piperidine rings is 1. The first-order valence-corrected chi connectivity index (χ1v) is 11.8. The number of amides is 1. The smallest absolute Gasteiger partial charge is 0.271 e. The van der Waals surface area contributed by atoms with Crippen molar-refractivity contribution in [3.8, 4) is 5.69 Å². The standard InChI is InChI=1S/C27H32N4O2/c1-4-20-5-11-24(12-6-20)31-26(32)14-13-25(29-31)30-17-15-22(16-18-30)27(33)28-23-9-7-21(8-10-23)19(2)3/h5-14,19,22H,4,15-18H2,1-3H3,(H,28,33). The molecule has 0 unspecified atom stereocenters. The van der Waals surface area contributed by atoms with E-state index in [9.17, 15) is 9.59 Å². The minimum atomic E-state index is -0.152. The molecule has 6 heteroatoms. The van der Waals surface area contributed by atoms with E-state index >= 15 is 0 Å². The number of benzene rings is 2. The summed E-state index contributed by atoms with van der Waals surface area (Å²) in [6.07, 6.45) is 2.46. The number of aromatic nitrogens is 2. The molecular weight excluding hydrogens is 412 g/mol. The van der Waals surface area contributed by atoms with Crippen LogP contribution in [-0.4, -0.2) is 28.8 Å². The molecule has 3 aromatic rings. The zero-order valence-electron chi connectivity index (χ0n) is 19.6. The van der Waals surface area contributed by atoms with Crippen molar-refractivity contribution < 1.29 is 4.79 Å². The van der Waals surface area contributed by atoms with E-state index < -0.39 is 0 Å². The number of nitrogens with zero attached hydrogens (tertiary/aromatic N) is 3.